The predicted octanol–water partition coefficient (Wildman–Crippen LogP) is 2.18. The first-order valence-electron chi connectivity index (χ1n) is 2.24. The maximum Gasteiger partial charge on any atom is 0.188 e. The van der Waals surface area contributed by atoms with Crippen molar-refractivity contribution < 1.29 is 9.05 Å². The Kier molecular flexibility index (Phi) is 4.87. The Morgan fingerprint density at radius 3 is 1.75 bits per heavy atom. The molecule has 0 aromatic carbocycles. The minimum atomic E-state index is -0.850. The van der Waals surface area contributed by atoms with Crippen LogP contribution in [0.25, 0.3) is 0 Å². The third-order valence-corrected chi connectivity index (χ3v) is 2.43. The van der Waals surface area contributed by atoms with E-state index in [4.69, 9.17) is 20.6 Å². The zero-order valence-corrected chi connectivity index (χ0v) is 6.87. The molecule has 0 N–H and O–H groups in total. The molecule has 0 fully saturated rings. The molecule has 0 rings (SSSR count). The molecular weight excluding hydrogens is 146 g/mol. The zero-order valence-electron chi connectivity index (χ0n) is 5.22. The van der Waals surface area contributed by atoms with Gasteiger partial charge in [-0.1, -0.05) is 0 Å². The van der Waals surface area contributed by atoms with Crippen LogP contribution in [0.1, 0.15) is 6.92 Å². The average molecular weight is 157 g/mol. The highest BCUT2D eigenvalue weighted by molar-refractivity contribution is 7.50. The molecule has 0 heterocycles. The molecule has 1 atom stereocenters. The highest BCUT2D eigenvalue weighted by Gasteiger charge is 2.12. The van der Waals surface area contributed by atoms with Crippen LogP contribution in [0.2, 0.25) is 0 Å². The van der Waals surface area contributed by atoms with Crippen molar-refractivity contribution in [3.05, 3.63) is 0 Å². The van der Waals surface area contributed by atoms with Crippen molar-refractivity contribution in [1.82, 2.24) is 0 Å². The summed E-state index contributed by atoms with van der Waals surface area (Å²) in [6.45, 7) is 1.85. The molecule has 0 aliphatic heterocycles. The molecule has 2 nitrogen and oxygen atoms in total. The highest BCUT2D eigenvalue weighted by Crippen LogP contribution is 2.43. The minimum absolute atomic E-state index is 0.0278. The van der Waals surface area contributed by atoms with Crippen LogP contribution >= 0.6 is 20.0 Å². The Balaban J connectivity index is 3.35. The fourth-order valence-corrected chi connectivity index (χ4v) is 1.57. The fraction of sp³-hybridized carbons (Fsp3) is 1.00. The zero-order chi connectivity index (χ0) is 6.57. The number of hydrogen-bond acceptors (Lipinski definition) is 2. The van der Waals surface area contributed by atoms with Gasteiger partial charge in [0.2, 0.25) is 0 Å². The molecule has 0 aliphatic carbocycles. The Morgan fingerprint density at radius 1 is 1.38 bits per heavy atom. The van der Waals surface area contributed by atoms with E-state index in [1.807, 2.05) is 6.92 Å². The lowest BCUT2D eigenvalue weighted by atomic mass is 11.0. The third-order valence-electron chi connectivity index (χ3n) is 0.650. The van der Waals surface area contributed by atoms with Crippen LogP contribution in [0.5, 0.6) is 0 Å². The number of halogens is 1. The number of rotatable bonds is 3. The van der Waals surface area contributed by atoms with Gasteiger partial charge in [-0.3, -0.25) is 0 Å². The van der Waals surface area contributed by atoms with Crippen LogP contribution in [0, 0.1) is 0 Å². The molecule has 1 unspecified atom stereocenters. The monoisotopic (exact) mass is 156 g/mol. The topological polar surface area (TPSA) is 18.5 Å². The first-order chi connectivity index (χ1) is 3.72. The molecular formula is C4H10ClO2P. The summed E-state index contributed by atoms with van der Waals surface area (Å²) in [7, 11) is 2.33. The van der Waals surface area contributed by atoms with Gasteiger partial charge in [0, 0.05) is 14.2 Å². The van der Waals surface area contributed by atoms with Crippen LogP contribution in [0.4, 0.5) is 0 Å². The van der Waals surface area contributed by atoms with Crippen molar-refractivity contribution in [2.75, 3.05) is 14.2 Å². The summed E-state index contributed by atoms with van der Waals surface area (Å²) in [5.74, 6) is 0. The van der Waals surface area contributed by atoms with Gasteiger partial charge in [0.15, 0.2) is 8.38 Å². The molecule has 0 bridgehead atoms. The van der Waals surface area contributed by atoms with Crippen molar-refractivity contribution in [2.24, 2.45) is 0 Å². The molecule has 0 saturated carbocycles. The van der Waals surface area contributed by atoms with E-state index in [-0.39, 0.29) is 5.12 Å². The average Bonchev–Trinajstić information content (AvgIpc) is 1.69. The third kappa shape index (κ3) is 2.83. The Morgan fingerprint density at radius 2 is 1.75 bits per heavy atom. The predicted molar refractivity (Wildman–Crippen MR) is 36.3 cm³/mol. The minimum Gasteiger partial charge on any atom is -0.336 e. The summed E-state index contributed by atoms with van der Waals surface area (Å²) in [5, 5.41) is -0.0278. The van der Waals surface area contributed by atoms with E-state index in [1.54, 1.807) is 14.2 Å². The van der Waals surface area contributed by atoms with Crippen LogP contribution in [0.15, 0.2) is 0 Å². The van der Waals surface area contributed by atoms with Gasteiger partial charge in [0.05, 0.1) is 0 Å². The Hall–Kier alpha value is 0.640. The van der Waals surface area contributed by atoms with E-state index in [2.05, 4.69) is 0 Å². The lowest BCUT2D eigenvalue weighted by molar-refractivity contribution is 0.339. The maximum absolute atomic E-state index is 5.62. The molecule has 50 valence electrons. The number of alkyl halides is 1. The standard InChI is InChI=1S/C4H10ClO2P/c1-4(5)8(6-2)7-3/h4H,1-3H3. The first-order valence-corrected chi connectivity index (χ1v) is 3.92. The molecule has 0 radical (unpaired) electrons. The molecule has 0 spiro atoms. The molecule has 0 aliphatic rings. The quantitative estimate of drug-likeness (QED) is 0.461. The summed E-state index contributed by atoms with van der Waals surface area (Å²) in [5.41, 5.74) is 0. The van der Waals surface area contributed by atoms with E-state index >= 15 is 0 Å². The number of hydrogen-bond donors (Lipinski definition) is 0. The first kappa shape index (κ1) is 8.64. The van der Waals surface area contributed by atoms with E-state index in [9.17, 15) is 0 Å². The maximum atomic E-state index is 5.62. The SMILES string of the molecule is COP(OC)C(C)Cl. The van der Waals surface area contributed by atoms with Crippen molar-refractivity contribution in [1.29, 1.82) is 0 Å². The Bertz CT molecular complexity index is 56.0. The van der Waals surface area contributed by atoms with Gasteiger partial charge >= 0.3 is 0 Å². The van der Waals surface area contributed by atoms with Crippen molar-refractivity contribution in [2.45, 2.75) is 12.0 Å². The summed E-state index contributed by atoms with van der Waals surface area (Å²) < 4.78 is 9.74. The summed E-state index contributed by atoms with van der Waals surface area (Å²) in [6.07, 6.45) is 0. The summed E-state index contributed by atoms with van der Waals surface area (Å²) in [4.78, 5) is 0. The van der Waals surface area contributed by atoms with Crippen LogP contribution in [-0.2, 0) is 9.05 Å². The van der Waals surface area contributed by atoms with Crippen molar-refractivity contribution in [3.63, 3.8) is 0 Å². The van der Waals surface area contributed by atoms with Crippen LogP contribution in [0.3, 0.4) is 0 Å². The van der Waals surface area contributed by atoms with E-state index in [0.29, 0.717) is 0 Å². The van der Waals surface area contributed by atoms with Gasteiger partial charge < -0.3 is 9.05 Å². The molecule has 0 saturated heterocycles. The Labute approximate surface area is 56.0 Å². The largest absolute Gasteiger partial charge is 0.336 e. The molecule has 4 heteroatoms. The van der Waals surface area contributed by atoms with E-state index in [1.165, 1.54) is 0 Å². The van der Waals surface area contributed by atoms with Crippen LogP contribution in [-0.4, -0.2) is 19.3 Å². The van der Waals surface area contributed by atoms with Gasteiger partial charge in [-0.2, -0.15) is 0 Å². The smallest absolute Gasteiger partial charge is 0.188 e. The second-order valence-electron chi connectivity index (χ2n) is 1.22. The van der Waals surface area contributed by atoms with Crippen molar-refractivity contribution in [3.8, 4) is 0 Å². The van der Waals surface area contributed by atoms with Gasteiger partial charge in [-0.05, 0) is 6.92 Å². The molecule has 8 heavy (non-hydrogen) atoms. The van der Waals surface area contributed by atoms with Gasteiger partial charge in [-0.25, -0.2) is 0 Å². The van der Waals surface area contributed by atoms with Crippen LogP contribution < -0.4 is 0 Å². The molecule has 0 aromatic heterocycles. The molecule has 0 amide bonds. The van der Waals surface area contributed by atoms with E-state index in [0.717, 1.165) is 0 Å². The lowest BCUT2D eigenvalue weighted by Crippen LogP contribution is -1.91. The van der Waals surface area contributed by atoms with Gasteiger partial charge in [0.1, 0.15) is 5.12 Å². The molecule has 0 aromatic rings. The second kappa shape index (κ2) is 4.51. The van der Waals surface area contributed by atoms with Gasteiger partial charge in [-0.15, -0.1) is 11.6 Å². The second-order valence-corrected chi connectivity index (χ2v) is 4.26. The summed E-state index contributed by atoms with van der Waals surface area (Å²) in [6, 6.07) is 0. The normalized spacial score (nSPS) is 14.6. The summed E-state index contributed by atoms with van der Waals surface area (Å²) >= 11 is 5.62. The van der Waals surface area contributed by atoms with E-state index < -0.39 is 8.38 Å². The fourth-order valence-electron chi connectivity index (χ4n) is 0.365. The van der Waals surface area contributed by atoms with Gasteiger partial charge in [0.25, 0.3) is 0 Å². The van der Waals surface area contributed by atoms with Crippen molar-refractivity contribution >= 4 is 20.0 Å². The highest BCUT2D eigenvalue weighted by atomic mass is 35.5. The lowest BCUT2D eigenvalue weighted by Gasteiger charge is -2.12.